The Hall–Kier alpha value is -2.23. The number of anilines is 1. The van der Waals surface area contributed by atoms with Crippen molar-refractivity contribution >= 4 is 43.0 Å². The van der Waals surface area contributed by atoms with Gasteiger partial charge in [0.2, 0.25) is 0 Å². The summed E-state index contributed by atoms with van der Waals surface area (Å²) in [6.45, 7) is 18.1. The third kappa shape index (κ3) is 10.4. The maximum Gasteiger partial charge on any atom is 0.410 e. The van der Waals surface area contributed by atoms with Gasteiger partial charge in [0.15, 0.2) is 25.4 Å². The normalized spacial score (nSPS) is 16.4. The SMILES string of the molecule is C[SiH2]OC(O[SiH2]C)C(C)(C)C(COc1cccc(-c2nc(Cl)c(C)c(NC3CCOCC3)n2)c1)CN(C)C(=O)OC(C)(C)C. The number of hydrogen-bond donors (Lipinski definition) is 1. The molecule has 1 saturated heterocycles. The van der Waals surface area contributed by atoms with Crippen LogP contribution in [0.1, 0.15) is 53.0 Å². The topological polar surface area (TPSA) is 104 Å². The Balaban J connectivity index is 1.84. The minimum atomic E-state index is -0.735. The summed E-state index contributed by atoms with van der Waals surface area (Å²) in [4.78, 5) is 23.9. The van der Waals surface area contributed by atoms with Crippen LogP contribution in [0.25, 0.3) is 11.4 Å². The smallest absolute Gasteiger partial charge is 0.410 e. The third-order valence-electron chi connectivity index (χ3n) is 7.69. The summed E-state index contributed by atoms with van der Waals surface area (Å²) in [6, 6.07) is 7.96. The largest absolute Gasteiger partial charge is 0.493 e. The molecule has 2 heterocycles. The molecular formula is C31H51ClN4O6Si2. The van der Waals surface area contributed by atoms with Crippen molar-refractivity contribution in [1.29, 1.82) is 0 Å². The fourth-order valence-electron chi connectivity index (χ4n) is 4.94. The first-order valence-electron chi connectivity index (χ1n) is 15.5. The number of carbonyl (C=O) groups excluding carboxylic acids is 1. The Morgan fingerprint density at radius 2 is 1.80 bits per heavy atom. The Labute approximate surface area is 272 Å². The standard InChI is InChI=1S/C31H51ClN4O6Si2/c1-20-25(32)34-27(35-26(20)33-23-13-15-38-16-14-23)21-11-10-12-24(17-21)39-19-22(18-36(7)29(37)40-30(2,3)4)31(5,6)28(41-43-8)42-44-9/h10-12,17,22-23,28H,13-16,18-19,43-44H2,1-9H3,(H,33,34,35). The lowest BCUT2D eigenvalue weighted by Crippen LogP contribution is -2.49. The number of nitrogens with zero attached hydrogens (tertiary/aromatic N) is 3. The Morgan fingerprint density at radius 3 is 2.41 bits per heavy atom. The van der Waals surface area contributed by atoms with Crippen molar-refractivity contribution in [2.24, 2.45) is 11.3 Å². The molecule has 13 heteroatoms. The van der Waals surface area contributed by atoms with E-state index in [9.17, 15) is 4.79 Å². The zero-order chi connectivity index (χ0) is 32.5. The van der Waals surface area contributed by atoms with Crippen LogP contribution in [0.2, 0.25) is 18.2 Å². The molecule has 1 aliphatic rings. The fourth-order valence-corrected chi connectivity index (χ4v) is 6.96. The van der Waals surface area contributed by atoms with Gasteiger partial charge in [-0.2, -0.15) is 0 Å². The highest BCUT2D eigenvalue weighted by atomic mass is 35.5. The molecule has 3 rings (SSSR count). The summed E-state index contributed by atoms with van der Waals surface area (Å²) in [5.74, 6) is 1.78. The first-order chi connectivity index (χ1) is 20.7. The van der Waals surface area contributed by atoms with Crippen molar-refractivity contribution in [3.8, 4) is 17.1 Å². The first kappa shape index (κ1) is 36.2. The van der Waals surface area contributed by atoms with Crippen molar-refractivity contribution in [3.05, 3.63) is 35.0 Å². The van der Waals surface area contributed by atoms with E-state index in [-0.39, 0.29) is 24.3 Å². The van der Waals surface area contributed by atoms with Gasteiger partial charge in [-0.1, -0.05) is 50.7 Å². The van der Waals surface area contributed by atoms with Crippen LogP contribution in [-0.2, 0) is 18.3 Å². The van der Waals surface area contributed by atoms with Crippen LogP contribution >= 0.6 is 11.6 Å². The highest BCUT2D eigenvalue weighted by Crippen LogP contribution is 2.35. The number of nitrogens with one attached hydrogen (secondary N) is 1. The van der Waals surface area contributed by atoms with E-state index < -0.39 is 30.5 Å². The number of carbonyl (C=O) groups is 1. The van der Waals surface area contributed by atoms with Gasteiger partial charge in [0.05, 0.1) is 6.61 Å². The van der Waals surface area contributed by atoms with Gasteiger partial charge in [-0.25, -0.2) is 14.8 Å². The summed E-state index contributed by atoms with van der Waals surface area (Å²) in [6.07, 6.45) is 1.08. The Morgan fingerprint density at radius 1 is 1.14 bits per heavy atom. The molecule has 44 heavy (non-hydrogen) atoms. The molecule has 0 spiro atoms. The molecule has 10 nitrogen and oxygen atoms in total. The van der Waals surface area contributed by atoms with Crippen LogP contribution in [0.4, 0.5) is 10.6 Å². The van der Waals surface area contributed by atoms with E-state index in [4.69, 9.17) is 39.6 Å². The van der Waals surface area contributed by atoms with E-state index >= 15 is 0 Å². The molecule has 0 radical (unpaired) electrons. The van der Waals surface area contributed by atoms with Crippen molar-refractivity contribution < 1.29 is 27.9 Å². The van der Waals surface area contributed by atoms with E-state index in [2.05, 4.69) is 37.2 Å². The van der Waals surface area contributed by atoms with Crippen molar-refractivity contribution in [2.75, 3.05) is 38.7 Å². The zero-order valence-electron chi connectivity index (χ0n) is 27.9. The highest BCUT2D eigenvalue weighted by Gasteiger charge is 2.40. The monoisotopic (exact) mass is 666 g/mol. The van der Waals surface area contributed by atoms with Crippen molar-refractivity contribution in [1.82, 2.24) is 14.9 Å². The molecule has 1 aliphatic heterocycles. The molecule has 1 atom stereocenters. The number of amides is 1. The van der Waals surface area contributed by atoms with E-state index in [0.29, 0.717) is 29.9 Å². The Bertz CT molecular complexity index is 1220. The summed E-state index contributed by atoms with van der Waals surface area (Å²) in [5, 5.41) is 3.95. The lowest BCUT2D eigenvalue weighted by Gasteiger charge is -2.42. The van der Waals surface area contributed by atoms with E-state index in [1.165, 1.54) is 0 Å². The maximum atomic E-state index is 12.9. The van der Waals surface area contributed by atoms with Gasteiger partial charge in [0, 0.05) is 55.3 Å². The lowest BCUT2D eigenvalue weighted by atomic mass is 9.78. The first-order valence-corrected chi connectivity index (χ1v) is 19.9. The van der Waals surface area contributed by atoms with Crippen LogP contribution < -0.4 is 10.1 Å². The average molecular weight is 667 g/mol. The number of hydrogen-bond acceptors (Lipinski definition) is 9. The summed E-state index contributed by atoms with van der Waals surface area (Å²) >= 11 is 6.57. The summed E-state index contributed by atoms with van der Waals surface area (Å²) in [7, 11) is 0.283. The summed E-state index contributed by atoms with van der Waals surface area (Å²) < 4.78 is 29.9. The average Bonchev–Trinajstić information content (AvgIpc) is 2.97. The van der Waals surface area contributed by atoms with E-state index in [1.807, 2.05) is 52.0 Å². The van der Waals surface area contributed by atoms with Crippen LogP contribution in [-0.4, -0.2) is 91.8 Å². The molecule has 1 unspecified atom stereocenters. The second-order valence-electron chi connectivity index (χ2n) is 12.8. The van der Waals surface area contributed by atoms with Crippen LogP contribution in [0.15, 0.2) is 24.3 Å². The molecule has 1 N–H and O–H groups in total. The molecule has 0 bridgehead atoms. The molecular weight excluding hydrogens is 616 g/mol. The zero-order valence-corrected chi connectivity index (χ0v) is 31.5. The molecule has 0 aliphatic carbocycles. The predicted octanol–water partition coefficient (Wildman–Crippen LogP) is 5.21. The quantitative estimate of drug-likeness (QED) is 0.165. The number of aromatic nitrogens is 2. The molecule has 1 aromatic heterocycles. The van der Waals surface area contributed by atoms with Crippen molar-refractivity contribution in [2.45, 2.75) is 85.4 Å². The number of benzene rings is 1. The van der Waals surface area contributed by atoms with Gasteiger partial charge in [0.25, 0.3) is 0 Å². The van der Waals surface area contributed by atoms with Gasteiger partial charge in [-0.15, -0.1) is 0 Å². The van der Waals surface area contributed by atoms with Gasteiger partial charge in [0.1, 0.15) is 28.6 Å². The van der Waals surface area contributed by atoms with Gasteiger partial charge >= 0.3 is 6.09 Å². The number of halogens is 1. The van der Waals surface area contributed by atoms with Gasteiger partial charge < -0.3 is 33.3 Å². The molecule has 1 amide bonds. The molecule has 1 fully saturated rings. The third-order valence-corrected chi connectivity index (χ3v) is 9.33. The second kappa shape index (κ2) is 16.4. The minimum absolute atomic E-state index is 0.130. The van der Waals surface area contributed by atoms with Crippen LogP contribution in [0, 0.1) is 18.3 Å². The molecule has 2 aromatic rings. The number of ether oxygens (including phenoxy) is 3. The Kier molecular flexibility index (Phi) is 13.5. The van der Waals surface area contributed by atoms with Crippen molar-refractivity contribution in [3.63, 3.8) is 0 Å². The van der Waals surface area contributed by atoms with Crippen LogP contribution in [0.3, 0.4) is 0 Å². The minimum Gasteiger partial charge on any atom is -0.493 e. The van der Waals surface area contributed by atoms with Crippen LogP contribution in [0.5, 0.6) is 5.75 Å². The maximum absolute atomic E-state index is 12.9. The van der Waals surface area contributed by atoms with Gasteiger partial charge in [-0.3, -0.25) is 0 Å². The van der Waals surface area contributed by atoms with Gasteiger partial charge in [-0.05, 0) is 52.7 Å². The molecule has 1 aromatic carbocycles. The fraction of sp³-hybridized carbons (Fsp3) is 0.645. The predicted molar refractivity (Wildman–Crippen MR) is 181 cm³/mol. The lowest BCUT2D eigenvalue weighted by molar-refractivity contribution is -0.115. The number of rotatable bonds is 14. The summed E-state index contributed by atoms with van der Waals surface area (Å²) in [5.41, 5.74) is 0.570. The van der Waals surface area contributed by atoms with E-state index in [0.717, 1.165) is 43.0 Å². The molecule has 246 valence electrons. The second-order valence-corrected chi connectivity index (χ2v) is 15.0. The highest BCUT2D eigenvalue weighted by molar-refractivity contribution is 6.30. The van der Waals surface area contributed by atoms with E-state index in [1.54, 1.807) is 11.9 Å². The molecule has 0 saturated carbocycles.